The van der Waals surface area contributed by atoms with E-state index in [1.807, 2.05) is 37.3 Å². The van der Waals surface area contributed by atoms with E-state index in [0.717, 1.165) is 9.13 Å². The van der Waals surface area contributed by atoms with Crippen LogP contribution in [0.3, 0.4) is 0 Å². The molecule has 104 valence electrons. The first-order valence-corrected chi connectivity index (χ1v) is 7.17. The molecule has 0 saturated heterocycles. The maximum Gasteiger partial charge on any atom is 0.193 e. The standard InChI is InChI=1S/C16H15IO3/c1-10-8-14(19-2)15(20-3)9-13(10)16(18)11-4-6-12(17)7-5-11/h4-9H,1-3H3. The van der Waals surface area contributed by atoms with Crippen LogP contribution in [0.4, 0.5) is 0 Å². The summed E-state index contributed by atoms with van der Waals surface area (Å²) in [7, 11) is 3.14. The Morgan fingerprint density at radius 2 is 1.55 bits per heavy atom. The van der Waals surface area contributed by atoms with Gasteiger partial charge in [0.1, 0.15) is 0 Å². The minimum atomic E-state index is -0.0140. The van der Waals surface area contributed by atoms with E-state index in [9.17, 15) is 4.79 Å². The molecule has 0 aromatic heterocycles. The largest absolute Gasteiger partial charge is 0.493 e. The number of benzene rings is 2. The third kappa shape index (κ3) is 2.95. The van der Waals surface area contributed by atoms with Crippen LogP contribution in [0.15, 0.2) is 36.4 Å². The van der Waals surface area contributed by atoms with Gasteiger partial charge in [-0.1, -0.05) is 0 Å². The van der Waals surface area contributed by atoms with Crippen LogP contribution in [0, 0.1) is 10.5 Å². The summed E-state index contributed by atoms with van der Waals surface area (Å²) in [6, 6.07) is 11.1. The van der Waals surface area contributed by atoms with Gasteiger partial charge in [-0.15, -0.1) is 0 Å². The van der Waals surface area contributed by atoms with E-state index in [0.29, 0.717) is 22.6 Å². The van der Waals surface area contributed by atoms with Gasteiger partial charge in [-0.3, -0.25) is 4.79 Å². The Morgan fingerprint density at radius 1 is 1.00 bits per heavy atom. The molecule has 0 aliphatic rings. The lowest BCUT2D eigenvalue weighted by atomic mass is 9.98. The number of ether oxygens (including phenoxy) is 2. The lowest BCUT2D eigenvalue weighted by Gasteiger charge is -2.12. The predicted molar refractivity (Wildman–Crippen MR) is 86.9 cm³/mol. The third-order valence-electron chi connectivity index (χ3n) is 3.08. The van der Waals surface area contributed by atoms with Crippen LogP contribution in [-0.2, 0) is 0 Å². The van der Waals surface area contributed by atoms with Gasteiger partial charge in [-0.05, 0) is 71.5 Å². The Hall–Kier alpha value is -1.56. The molecule has 0 N–H and O–H groups in total. The van der Waals surface area contributed by atoms with Crippen molar-refractivity contribution in [2.45, 2.75) is 6.92 Å². The zero-order valence-electron chi connectivity index (χ0n) is 11.6. The monoisotopic (exact) mass is 382 g/mol. The topological polar surface area (TPSA) is 35.5 Å². The molecule has 0 amide bonds. The third-order valence-corrected chi connectivity index (χ3v) is 3.80. The second-order valence-corrected chi connectivity index (χ2v) is 5.60. The summed E-state index contributed by atoms with van der Waals surface area (Å²) in [5.41, 5.74) is 2.16. The molecule has 0 unspecified atom stereocenters. The van der Waals surface area contributed by atoms with Crippen molar-refractivity contribution in [2.24, 2.45) is 0 Å². The van der Waals surface area contributed by atoms with Crippen molar-refractivity contribution in [3.05, 3.63) is 56.7 Å². The Balaban J connectivity index is 2.46. The quantitative estimate of drug-likeness (QED) is 0.596. The van der Waals surface area contributed by atoms with Crippen molar-refractivity contribution in [3.8, 4) is 11.5 Å². The van der Waals surface area contributed by atoms with Gasteiger partial charge in [0.15, 0.2) is 17.3 Å². The van der Waals surface area contributed by atoms with Crippen LogP contribution in [-0.4, -0.2) is 20.0 Å². The van der Waals surface area contributed by atoms with E-state index in [4.69, 9.17) is 9.47 Å². The molecule has 4 heteroatoms. The first-order chi connectivity index (χ1) is 9.56. The number of aryl methyl sites for hydroxylation is 1. The SMILES string of the molecule is COc1cc(C)c(C(=O)c2ccc(I)cc2)cc1OC. The molecule has 2 rings (SSSR count). The molecule has 3 nitrogen and oxygen atoms in total. The van der Waals surface area contributed by atoms with Gasteiger partial charge in [-0.25, -0.2) is 0 Å². The molecule has 0 bridgehead atoms. The molecule has 0 atom stereocenters. The predicted octanol–water partition coefficient (Wildman–Crippen LogP) is 3.85. The Morgan fingerprint density at radius 3 is 2.10 bits per heavy atom. The molecular formula is C16H15IO3. The van der Waals surface area contributed by atoms with Gasteiger partial charge < -0.3 is 9.47 Å². The molecule has 2 aromatic rings. The van der Waals surface area contributed by atoms with Crippen molar-refractivity contribution in [1.29, 1.82) is 0 Å². The van der Waals surface area contributed by atoms with Crippen LogP contribution in [0.2, 0.25) is 0 Å². The maximum atomic E-state index is 12.5. The minimum Gasteiger partial charge on any atom is -0.493 e. The molecule has 0 aliphatic carbocycles. The molecule has 20 heavy (non-hydrogen) atoms. The highest BCUT2D eigenvalue weighted by Crippen LogP contribution is 2.31. The summed E-state index contributed by atoms with van der Waals surface area (Å²) >= 11 is 2.21. The van der Waals surface area contributed by atoms with Crippen molar-refractivity contribution in [2.75, 3.05) is 14.2 Å². The highest BCUT2D eigenvalue weighted by atomic mass is 127. The van der Waals surface area contributed by atoms with Crippen LogP contribution >= 0.6 is 22.6 Å². The Kier molecular flexibility index (Phi) is 4.65. The smallest absolute Gasteiger partial charge is 0.193 e. The lowest BCUT2D eigenvalue weighted by Crippen LogP contribution is -2.05. The fraction of sp³-hybridized carbons (Fsp3) is 0.188. The van der Waals surface area contributed by atoms with Gasteiger partial charge in [0.05, 0.1) is 14.2 Å². The van der Waals surface area contributed by atoms with E-state index in [-0.39, 0.29) is 5.78 Å². The number of rotatable bonds is 4. The molecular weight excluding hydrogens is 367 g/mol. The number of hydrogen-bond donors (Lipinski definition) is 0. The van der Waals surface area contributed by atoms with Crippen molar-refractivity contribution in [3.63, 3.8) is 0 Å². The first kappa shape index (κ1) is 14.8. The van der Waals surface area contributed by atoms with E-state index >= 15 is 0 Å². The van der Waals surface area contributed by atoms with Crippen LogP contribution in [0.25, 0.3) is 0 Å². The number of carbonyl (C=O) groups is 1. The summed E-state index contributed by atoms with van der Waals surface area (Å²) in [4.78, 5) is 12.5. The fourth-order valence-electron chi connectivity index (χ4n) is 1.98. The zero-order chi connectivity index (χ0) is 14.7. The average molecular weight is 382 g/mol. The summed E-state index contributed by atoms with van der Waals surface area (Å²) in [6.07, 6.45) is 0. The molecule has 0 fully saturated rings. The normalized spacial score (nSPS) is 10.2. The number of carbonyl (C=O) groups excluding carboxylic acids is 1. The van der Waals surface area contributed by atoms with Crippen molar-refractivity contribution in [1.82, 2.24) is 0 Å². The number of hydrogen-bond acceptors (Lipinski definition) is 3. The Labute approximate surface area is 132 Å². The van der Waals surface area contributed by atoms with E-state index in [2.05, 4.69) is 22.6 Å². The lowest BCUT2D eigenvalue weighted by molar-refractivity contribution is 0.103. The van der Waals surface area contributed by atoms with E-state index < -0.39 is 0 Å². The van der Waals surface area contributed by atoms with Gasteiger partial charge in [-0.2, -0.15) is 0 Å². The second-order valence-electron chi connectivity index (χ2n) is 4.36. The molecule has 0 radical (unpaired) electrons. The van der Waals surface area contributed by atoms with Gasteiger partial charge in [0.2, 0.25) is 0 Å². The molecule has 0 aliphatic heterocycles. The van der Waals surface area contributed by atoms with Crippen LogP contribution < -0.4 is 9.47 Å². The fourth-order valence-corrected chi connectivity index (χ4v) is 2.34. The maximum absolute atomic E-state index is 12.5. The van der Waals surface area contributed by atoms with Gasteiger partial charge in [0.25, 0.3) is 0 Å². The summed E-state index contributed by atoms with van der Waals surface area (Å²) < 4.78 is 11.6. The average Bonchev–Trinajstić information content (AvgIpc) is 2.47. The molecule has 0 heterocycles. The van der Waals surface area contributed by atoms with Gasteiger partial charge >= 0.3 is 0 Å². The van der Waals surface area contributed by atoms with E-state index in [1.165, 1.54) is 0 Å². The molecule has 0 saturated carbocycles. The number of halogens is 1. The summed E-state index contributed by atoms with van der Waals surface area (Å²) in [5, 5.41) is 0. The van der Waals surface area contributed by atoms with Crippen molar-refractivity contribution >= 4 is 28.4 Å². The molecule has 0 spiro atoms. The van der Waals surface area contributed by atoms with Crippen LogP contribution in [0.1, 0.15) is 21.5 Å². The summed E-state index contributed by atoms with van der Waals surface area (Å²) in [5.74, 6) is 1.18. The number of methoxy groups -OCH3 is 2. The molecule has 2 aromatic carbocycles. The van der Waals surface area contributed by atoms with E-state index in [1.54, 1.807) is 20.3 Å². The summed E-state index contributed by atoms with van der Waals surface area (Å²) in [6.45, 7) is 1.89. The number of ketones is 1. The zero-order valence-corrected chi connectivity index (χ0v) is 13.7. The van der Waals surface area contributed by atoms with Crippen molar-refractivity contribution < 1.29 is 14.3 Å². The highest BCUT2D eigenvalue weighted by Gasteiger charge is 2.16. The van der Waals surface area contributed by atoms with Crippen LogP contribution in [0.5, 0.6) is 11.5 Å². The Bertz CT molecular complexity index is 633. The highest BCUT2D eigenvalue weighted by molar-refractivity contribution is 14.1. The first-order valence-electron chi connectivity index (χ1n) is 6.09. The minimum absolute atomic E-state index is 0.0140. The second kappa shape index (κ2) is 6.26. The van der Waals surface area contributed by atoms with Gasteiger partial charge in [0, 0.05) is 14.7 Å².